The quantitative estimate of drug-likeness (QED) is 0.462. The summed E-state index contributed by atoms with van der Waals surface area (Å²) in [5.41, 5.74) is 1.77. The number of aromatic amines is 1. The number of methoxy groups -OCH3 is 1. The molecule has 0 spiro atoms. The number of fused-ring (bicyclic) bond motifs is 1. The van der Waals surface area contributed by atoms with Crippen molar-refractivity contribution in [3.8, 4) is 17.1 Å². The van der Waals surface area contributed by atoms with Crippen molar-refractivity contribution in [2.45, 2.75) is 17.3 Å². The zero-order valence-corrected chi connectivity index (χ0v) is 16.8. The maximum absolute atomic E-state index is 12.5. The van der Waals surface area contributed by atoms with Crippen molar-refractivity contribution in [1.82, 2.24) is 20.2 Å². The fourth-order valence-electron chi connectivity index (χ4n) is 2.52. The molecule has 0 fully saturated rings. The predicted octanol–water partition coefficient (Wildman–Crippen LogP) is 4.21. The molecule has 0 bridgehead atoms. The molecule has 1 unspecified atom stereocenters. The van der Waals surface area contributed by atoms with Crippen LogP contribution in [0.1, 0.15) is 6.92 Å². The highest BCUT2D eigenvalue weighted by Gasteiger charge is 2.19. The van der Waals surface area contributed by atoms with Gasteiger partial charge in [0, 0.05) is 5.56 Å². The smallest absolute Gasteiger partial charge is 0.239 e. The molecule has 0 radical (unpaired) electrons. The van der Waals surface area contributed by atoms with Crippen molar-refractivity contribution in [3.05, 3.63) is 48.5 Å². The van der Waals surface area contributed by atoms with Crippen molar-refractivity contribution < 1.29 is 9.53 Å². The van der Waals surface area contributed by atoms with Crippen LogP contribution in [0.5, 0.6) is 5.75 Å². The highest BCUT2D eigenvalue weighted by molar-refractivity contribution is 8.00. The van der Waals surface area contributed by atoms with Gasteiger partial charge in [0.25, 0.3) is 0 Å². The number of carbonyl (C=O) groups excluding carboxylic acids is 1. The molecule has 0 saturated heterocycles. The summed E-state index contributed by atoms with van der Waals surface area (Å²) in [4.78, 5) is 21.4. The average molecular weight is 412 g/mol. The molecule has 4 rings (SSSR count). The van der Waals surface area contributed by atoms with Crippen LogP contribution in [0, 0.1) is 0 Å². The van der Waals surface area contributed by atoms with E-state index in [4.69, 9.17) is 4.74 Å². The van der Waals surface area contributed by atoms with Crippen LogP contribution in [0.15, 0.2) is 53.7 Å². The van der Waals surface area contributed by atoms with Gasteiger partial charge in [-0.2, -0.15) is 0 Å². The number of aromatic nitrogens is 4. The van der Waals surface area contributed by atoms with Crippen LogP contribution in [0.2, 0.25) is 0 Å². The van der Waals surface area contributed by atoms with Crippen molar-refractivity contribution in [2.24, 2.45) is 0 Å². The van der Waals surface area contributed by atoms with Gasteiger partial charge in [-0.1, -0.05) is 35.2 Å². The van der Waals surface area contributed by atoms with E-state index in [-0.39, 0.29) is 11.2 Å². The molecular formula is C19H17N5O2S2. The maximum atomic E-state index is 12.5. The number of rotatable bonds is 6. The summed E-state index contributed by atoms with van der Waals surface area (Å²) in [5, 5.41) is 10.7. The molecule has 7 nitrogen and oxygen atoms in total. The summed E-state index contributed by atoms with van der Waals surface area (Å²) in [5.74, 6) is 1.28. The van der Waals surface area contributed by atoms with Crippen LogP contribution in [-0.2, 0) is 4.79 Å². The van der Waals surface area contributed by atoms with Gasteiger partial charge in [-0.25, -0.2) is 9.97 Å². The van der Waals surface area contributed by atoms with Gasteiger partial charge >= 0.3 is 0 Å². The van der Waals surface area contributed by atoms with Crippen molar-refractivity contribution in [2.75, 3.05) is 12.4 Å². The fraction of sp³-hybridized carbons (Fsp3) is 0.158. The van der Waals surface area contributed by atoms with Crippen molar-refractivity contribution in [3.63, 3.8) is 0 Å². The molecule has 1 atom stereocenters. The third-order valence-corrected chi connectivity index (χ3v) is 5.92. The van der Waals surface area contributed by atoms with E-state index in [1.807, 2.05) is 55.5 Å². The molecule has 0 aliphatic rings. The summed E-state index contributed by atoms with van der Waals surface area (Å²) in [6, 6.07) is 15.3. The lowest BCUT2D eigenvalue weighted by Crippen LogP contribution is -2.22. The Kier molecular flexibility index (Phi) is 5.27. The third kappa shape index (κ3) is 4.00. The Bertz CT molecular complexity index is 1070. The molecule has 2 aromatic carbocycles. The lowest BCUT2D eigenvalue weighted by Gasteiger charge is -2.07. The minimum Gasteiger partial charge on any atom is -0.497 e. The molecule has 1 amide bonds. The normalized spacial score (nSPS) is 12.1. The van der Waals surface area contributed by atoms with E-state index in [9.17, 15) is 4.79 Å². The van der Waals surface area contributed by atoms with E-state index < -0.39 is 0 Å². The zero-order valence-electron chi connectivity index (χ0n) is 15.2. The summed E-state index contributed by atoms with van der Waals surface area (Å²) in [7, 11) is 1.62. The Morgan fingerprint density at radius 2 is 1.96 bits per heavy atom. The number of para-hydroxylation sites is 1. The Morgan fingerprint density at radius 1 is 1.18 bits per heavy atom. The molecule has 0 saturated carbocycles. The van der Waals surface area contributed by atoms with Gasteiger partial charge in [0.1, 0.15) is 5.75 Å². The van der Waals surface area contributed by atoms with Crippen LogP contribution in [0.4, 0.5) is 5.13 Å². The van der Waals surface area contributed by atoms with Crippen LogP contribution in [0.3, 0.4) is 0 Å². The molecule has 2 aromatic heterocycles. The number of nitrogens with zero attached hydrogens (tertiary/aromatic N) is 3. The number of H-pyrrole nitrogens is 1. The second-order valence-electron chi connectivity index (χ2n) is 5.93. The lowest BCUT2D eigenvalue weighted by atomic mass is 10.2. The number of thiazole rings is 1. The summed E-state index contributed by atoms with van der Waals surface area (Å²) >= 11 is 2.74. The Hall–Kier alpha value is -2.91. The van der Waals surface area contributed by atoms with Gasteiger partial charge in [-0.3, -0.25) is 9.89 Å². The monoisotopic (exact) mass is 411 g/mol. The molecule has 2 heterocycles. The van der Waals surface area contributed by atoms with Crippen LogP contribution >= 0.6 is 23.1 Å². The van der Waals surface area contributed by atoms with Gasteiger partial charge in [0.15, 0.2) is 11.0 Å². The van der Waals surface area contributed by atoms with Crippen LogP contribution in [-0.4, -0.2) is 38.4 Å². The summed E-state index contributed by atoms with van der Waals surface area (Å²) < 4.78 is 6.20. The third-order valence-electron chi connectivity index (χ3n) is 4.00. The number of ether oxygens (including phenoxy) is 1. The first-order valence-corrected chi connectivity index (χ1v) is 10.2. The number of amides is 1. The molecule has 4 aromatic rings. The van der Waals surface area contributed by atoms with Gasteiger partial charge in [0.05, 0.1) is 22.6 Å². The number of benzene rings is 2. The van der Waals surface area contributed by atoms with Crippen LogP contribution < -0.4 is 10.1 Å². The van der Waals surface area contributed by atoms with E-state index >= 15 is 0 Å². The average Bonchev–Trinajstić information content (AvgIpc) is 3.34. The van der Waals surface area contributed by atoms with Gasteiger partial charge < -0.3 is 10.1 Å². The number of carbonyl (C=O) groups is 1. The van der Waals surface area contributed by atoms with Crippen molar-refractivity contribution in [1.29, 1.82) is 0 Å². The number of hydrogen-bond donors (Lipinski definition) is 2. The molecule has 9 heteroatoms. The van der Waals surface area contributed by atoms with E-state index in [1.165, 1.54) is 23.1 Å². The number of nitrogens with one attached hydrogen (secondary N) is 2. The summed E-state index contributed by atoms with van der Waals surface area (Å²) in [6.45, 7) is 1.82. The molecular weight excluding hydrogens is 394 g/mol. The Morgan fingerprint density at radius 3 is 2.71 bits per heavy atom. The molecule has 0 aliphatic carbocycles. The standard InChI is InChI=1S/C19H17N5O2S2/c1-11(17(25)22-18-20-14-5-3-4-6-15(14)28-18)27-19-21-16(23-24-19)12-7-9-13(26-2)10-8-12/h3-11H,1-2H3,(H,20,22,25)(H,21,23,24). The van der Waals surface area contributed by atoms with Gasteiger partial charge in [0.2, 0.25) is 11.1 Å². The first kappa shape index (κ1) is 18.5. The minimum atomic E-state index is -0.369. The predicted molar refractivity (Wildman–Crippen MR) is 112 cm³/mol. The fourth-order valence-corrected chi connectivity index (χ4v) is 4.11. The van der Waals surface area contributed by atoms with E-state index in [1.54, 1.807) is 7.11 Å². The Labute approximate surface area is 169 Å². The maximum Gasteiger partial charge on any atom is 0.239 e. The number of anilines is 1. The molecule has 0 aliphatic heterocycles. The summed E-state index contributed by atoms with van der Waals surface area (Å²) in [6.07, 6.45) is 0. The highest BCUT2D eigenvalue weighted by atomic mass is 32.2. The first-order chi connectivity index (χ1) is 13.6. The first-order valence-electron chi connectivity index (χ1n) is 8.52. The van der Waals surface area contributed by atoms with Crippen LogP contribution in [0.25, 0.3) is 21.6 Å². The topological polar surface area (TPSA) is 92.8 Å². The van der Waals surface area contributed by atoms with E-state index in [2.05, 4.69) is 25.5 Å². The van der Waals surface area contributed by atoms with Crippen molar-refractivity contribution >= 4 is 44.4 Å². The SMILES string of the molecule is COc1ccc(-c2nc(SC(C)C(=O)Nc3nc4ccccc4s3)n[nH]2)cc1. The second kappa shape index (κ2) is 7.99. The lowest BCUT2D eigenvalue weighted by molar-refractivity contribution is -0.115. The minimum absolute atomic E-state index is 0.139. The molecule has 28 heavy (non-hydrogen) atoms. The van der Waals surface area contributed by atoms with Gasteiger partial charge in [-0.15, -0.1) is 5.10 Å². The second-order valence-corrected chi connectivity index (χ2v) is 8.27. The van der Waals surface area contributed by atoms with E-state index in [0.29, 0.717) is 16.1 Å². The largest absolute Gasteiger partial charge is 0.497 e. The van der Waals surface area contributed by atoms with E-state index in [0.717, 1.165) is 21.5 Å². The number of thioether (sulfide) groups is 1. The number of hydrogen-bond acceptors (Lipinski definition) is 7. The van der Waals surface area contributed by atoms with Gasteiger partial charge in [-0.05, 0) is 43.3 Å². The zero-order chi connectivity index (χ0) is 19.5. The highest BCUT2D eigenvalue weighted by Crippen LogP contribution is 2.28. The molecule has 142 valence electrons. The Balaban J connectivity index is 1.40. The molecule has 2 N–H and O–H groups in total.